The summed E-state index contributed by atoms with van der Waals surface area (Å²) in [5.74, 6) is 0.0411. The quantitative estimate of drug-likeness (QED) is 0.930. The largest absolute Gasteiger partial charge is 0.486 e. The summed E-state index contributed by atoms with van der Waals surface area (Å²) in [6.07, 6.45) is 1.67. The molecule has 0 atom stereocenters. The summed E-state index contributed by atoms with van der Waals surface area (Å²) >= 11 is 0. The van der Waals surface area contributed by atoms with E-state index in [1.165, 1.54) is 12.1 Å². The van der Waals surface area contributed by atoms with Crippen LogP contribution in [0.15, 0.2) is 30.5 Å². The van der Waals surface area contributed by atoms with Crippen LogP contribution in [0.3, 0.4) is 0 Å². The lowest BCUT2D eigenvalue weighted by molar-refractivity contribution is 0.0691. The van der Waals surface area contributed by atoms with Crippen LogP contribution in [0, 0.1) is 6.92 Å². The molecule has 3 rings (SSSR count). The molecule has 21 heavy (non-hydrogen) atoms. The van der Waals surface area contributed by atoms with Crippen LogP contribution in [0.2, 0.25) is 0 Å². The van der Waals surface area contributed by atoms with E-state index in [4.69, 9.17) is 14.2 Å². The fourth-order valence-electron chi connectivity index (χ4n) is 2.03. The van der Waals surface area contributed by atoms with Gasteiger partial charge in [0.2, 0.25) is 6.79 Å². The van der Waals surface area contributed by atoms with Crippen molar-refractivity contribution in [2.24, 2.45) is 0 Å². The van der Waals surface area contributed by atoms with Gasteiger partial charge in [-0.3, -0.25) is 4.98 Å². The van der Waals surface area contributed by atoms with Crippen molar-refractivity contribution in [3.63, 3.8) is 0 Å². The molecule has 0 amide bonds. The number of fused-ring (bicyclic) bond motifs is 1. The molecule has 6 heteroatoms. The maximum atomic E-state index is 11.3. The molecule has 0 bridgehead atoms. The number of ether oxygens (including phenoxy) is 3. The van der Waals surface area contributed by atoms with Crippen molar-refractivity contribution in [3.8, 4) is 17.2 Å². The van der Waals surface area contributed by atoms with Crippen molar-refractivity contribution in [2.75, 3.05) is 6.79 Å². The molecule has 2 heterocycles. The van der Waals surface area contributed by atoms with Crippen molar-refractivity contribution in [3.05, 3.63) is 47.3 Å². The minimum absolute atomic E-state index is 0.0350. The van der Waals surface area contributed by atoms with Gasteiger partial charge in [0.05, 0.1) is 5.69 Å². The molecule has 0 saturated carbocycles. The van der Waals surface area contributed by atoms with Crippen molar-refractivity contribution in [1.82, 2.24) is 4.98 Å². The molecular formula is C15H13NO5. The van der Waals surface area contributed by atoms with Gasteiger partial charge in [-0.05, 0) is 18.6 Å². The van der Waals surface area contributed by atoms with E-state index in [1.54, 1.807) is 6.20 Å². The van der Waals surface area contributed by atoms with E-state index in [0.717, 1.165) is 11.3 Å². The monoisotopic (exact) mass is 287 g/mol. The number of carbonyl (C=O) groups is 1. The Hall–Kier alpha value is -2.76. The first-order chi connectivity index (χ1) is 10.1. The van der Waals surface area contributed by atoms with Crippen LogP contribution >= 0.6 is 0 Å². The molecule has 108 valence electrons. The number of benzene rings is 1. The highest BCUT2D eigenvalue weighted by Gasteiger charge is 2.21. The molecule has 1 aliphatic heterocycles. The van der Waals surface area contributed by atoms with Gasteiger partial charge in [-0.2, -0.15) is 0 Å². The van der Waals surface area contributed by atoms with Crippen molar-refractivity contribution in [2.45, 2.75) is 13.5 Å². The number of carboxylic acid groups (broad SMARTS) is 1. The number of hydrogen-bond acceptors (Lipinski definition) is 5. The molecule has 0 spiro atoms. The fourth-order valence-corrected chi connectivity index (χ4v) is 2.03. The van der Waals surface area contributed by atoms with E-state index >= 15 is 0 Å². The lowest BCUT2D eigenvalue weighted by Gasteiger charge is -2.11. The van der Waals surface area contributed by atoms with Crippen LogP contribution < -0.4 is 14.2 Å². The van der Waals surface area contributed by atoms with Crippen molar-refractivity contribution < 1.29 is 24.1 Å². The molecule has 1 N–H and O–H groups in total. The highest BCUT2D eigenvalue weighted by Crippen LogP contribution is 2.38. The predicted molar refractivity (Wildman–Crippen MR) is 72.8 cm³/mol. The van der Waals surface area contributed by atoms with Crippen molar-refractivity contribution >= 4 is 5.97 Å². The molecule has 0 unspecified atom stereocenters. The van der Waals surface area contributed by atoms with E-state index < -0.39 is 5.97 Å². The third-order valence-electron chi connectivity index (χ3n) is 3.19. The van der Waals surface area contributed by atoms with Gasteiger partial charge in [0.1, 0.15) is 17.9 Å². The van der Waals surface area contributed by atoms with E-state index in [2.05, 4.69) is 4.98 Å². The Bertz CT molecular complexity index is 698. The van der Waals surface area contributed by atoms with E-state index in [0.29, 0.717) is 11.5 Å². The standard InChI is InChI=1S/C15H13NO5/c1-9-3-2-4-16-11(9)7-19-12-6-14-13(20-8-21-14)5-10(12)15(17)18/h2-6H,7-8H2,1H3,(H,17,18). The Morgan fingerprint density at radius 3 is 2.86 bits per heavy atom. The second-order valence-corrected chi connectivity index (χ2v) is 4.56. The zero-order valence-electron chi connectivity index (χ0n) is 11.3. The van der Waals surface area contributed by atoms with Gasteiger partial charge >= 0.3 is 5.97 Å². The van der Waals surface area contributed by atoms with Crippen LogP contribution in [-0.4, -0.2) is 22.9 Å². The van der Waals surface area contributed by atoms with Gasteiger partial charge in [0.15, 0.2) is 11.5 Å². The molecule has 0 radical (unpaired) electrons. The molecule has 1 aromatic carbocycles. The zero-order valence-corrected chi connectivity index (χ0v) is 11.3. The summed E-state index contributed by atoms with van der Waals surface area (Å²) in [4.78, 5) is 15.5. The van der Waals surface area contributed by atoms with Crippen LogP contribution in [-0.2, 0) is 6.61 Å². The third-order valence-corrected chi connectivity index (χ3v) is 3.19. The summed E-state index contributed by atoms with van der Waals surface area (Å²) in [6, 6.07) is 6.70. The molecule has 1 aromatic heterocycles. The number of aromatic carboxylic acids is 1. The molecule has 2 aromatic rings. The summed E-state index contributed by atoms with van der Waals surface area (Å²) < 4.78 is 16.0. The van der Waals surface area contributed by atoms with Gasteiger partial charge in [-0.25, -0.2) is 4.79 Å². The minimum atomic E-state index is -1.08. The summed E-state index contributed by atoms with van der Waals surface area (Å²) in [5.41, 5.74) is 1.77. The highest BCUT2D eigenvalue weighted by atomic mass is 16.7. The molecule has 6 nitrogen and oxygen atoms in total. The van der Waals surface area contributed by atoms with Gasteiger partial charge in [-0.15, -0.1) is 0 Å². The molecule has 0 saturated heterocycles. The maximum absolute atomic E-state index is 11.3. The SMILES string of the molecule is Cc1cccnc1COc1cc2c(cc1C(=O)O)OCO2. The Morgan fingerprint density at radius 1 is 1.38 bits per heavy atom. The zero-order chi connectivity index (χ0) is 14.8. The number of carboxylic acids is 1. The highest BCUT2D eigenvalue weighted by molar-refractivity contribution is 5.92. The maximum Gasteiger partial charge on any atom is 0.339 e. The second-order valence-electron chi connectivity index (χ2n) is 4.56. The van der Waals surface area contributed by atoms with Gasteiger partial charge in [0, 0.05) is 18.3 Å². The summed E-state index contributed by atoms with van der Waals surface area (Å²) in [6.45, 7) is 2.19. The van der Waals surface area contributed by atoms with Gasteiger partial charge < -0.3 is 19.3 Å². The molecule has 0 fully saturated rings. The Labute approximate surface area is 120 Å². The van der Waals surface area contributed by atoms with Crippen LogP contribution in [0.4, 0.5) is 0 Å². The Balaban J connectivity index is 1.88. The van der Waals surface area contributed by atoms with Gasteiger partial charge in [-0.1, -0.05) is 6.07 Å². The molecule has 1 aliphatic rings. The minimum Gasteiger partial charge on any atom is -0.486 e. The first kappa shape index (κ1) is 13.2. The topological polar surface area (TPSA) is 77.9 Å². The smallest absolute Gasteiger partial charge is 0.339 e. The summed E-state index contributed by atoms with van der Waals surface area (Å²) in [7, 11) is 0. The predicted octanol–water partition coefficient (Wildman–Crippen LogP) is 2.40. The van der Waals surface area contributed by atoms with Crippen molar-refractivity contribution in [1.29, 1.82) is 0 Å². The first-order valence-electron chi connectivity index (χ1n) is 6.35. The number of nitrogens with zero attached hydrogens (tertiary/aromatic N) is 1. The molecular weight excluding hydrogens is 274 g/mol. The Morgan fingerprint density at radius 2 is 2.14 bits per heavy atom. The average molecular weight is 287 g/mol. The third kappa shape index (κ3) is 2.60. The lowest BCUT2D eigenvalue weighted by atomic mass is 10.1. The van der Waals surface area contributed by atoms with Gasteiger partial charge in [0.25, 0.3) is 0 Å². The van der Waals surface area contributed by atoms with Crippen LogP contribution in [0.25, 0.3) is 0 Å². The average Bonchev–Trinajstić information content (AvgIpc) is 2.92. The number of pyridine rings is 1. The Kier molecular flexibility index (Phi) is 3.35. The summed E-state index contributed by atoms with van der Waals surface area (Å²) in [5, 5.41) is 9.26. The van der Waals surface area contributed by atoms with E-state index in [9.17, 15) is 9.90 Å². The molecule has 0 aliphatic carbocycles. The lowest BCUT2D eigenvalue weighted by Crippen LogP contribution is -2.05. The van der Waals surface area contributed by atoms with E-state index in [-0.39, 0.29) is 24.7 Å². The number of hydrogen-bond donors (Lipinski definition) is 1. The van der Waals surface area contributed by atoms with Crippen LogP contribution in [0.5, 0.6) is 17.2 Å². The fraction of sp³-hybridized carbons (Fsp3) is 0.200. The number of aryl methyl sites for hydroxylation is 1. The second kappa shape index (κ2) is 5.32. The van der Waals surface area contributed by atoms with E-state index in [1.807, 2.05) is 19.1 Å². The first-order valence-corrected chi connectivity index (χ1v) is 6.35. The normalized spacial score (nSPS) is 12.2. The number of rotatable bonds is 4. The number of aromatic nitrogens is 1. The van der Waals surface area contributed by atoms with Crippen LogP contribution in [0.1, 0.15) is 21.6 Å².